The Kier molecular flexibility index (Phi) is 7.21. The van der Waals surface area contributed by atoms with E-state index in [4.69, 9.17) is 16.3 Å². The average molecular weight is 285 g/mol. The average Bonchev–Trinajstić information content (AvgIpc) is 2.38. The number of hydrogen-bond acceptors (Lipinski definition) is 3. The van der Waals surface area contributed by atoms with Crippen molar-refractivity contribution in [1.29, 1.82) is 0 Å². The topological polar surface area (TPSA) is 24.5 Å². The number of nitrogens with zero attached hydrogens (tertiary/aromatic N) is 1. The molecule has 1 aromatic carbocycles. The van der Waals surface area contributed by atoms with Crippen LogP contribution in [-0.4, -0.2) is 32.8 Å². The molecule has 0 amide bonds. The number of rotatable bonds is 8. The molecule has 19 heavy (non-hydrogen) atoms. The Labute approximate surface area is 121 Å². The summed E-state index contributed by atoms with van der Waals surface area (Å²) in [4.78, 5) is 2.35. The molecule has 0 spiro atoms. The molecule has 0 aliphatic carbocycles. The van der Waals surface area contributed by atoms with E-state index in [-0.39, 0.29) is 0 Å². The lowest BCUT2D eigenvalue weighted by Crippen LogP contribution is -2.35. The summed E-state index contributed by atoms with van der Waals surface area (Å²) in [6.45, 7) is 9.89. The van der Waals surface area contributed by atoms with E-state index in [1.807, 2.05) is 12.1 Å². The van der Waals surface area contributed by atoms with Crippen LogP contribution in [0.25, 0.3) is 0 Å². The van der Waals surface area contributed by atoms with Crippen LogP contribution < -0.4 is 10.2 Å². The number of nitrogens with one attached hydrogen (secondary N) is 1. The first-order valence-corrected chi connectivity index (χ1v) is 7.22. The Balaban J connectivity index is 2.99. The number of ether oxygens (including phenoxy) is 1. The largest absolute Gasteiger partial charge is 0.383 e. The quantitative estimate of drug-likeness (QED) is 0.793. The summed E-state index contributed by atoms with van der Waals surface area (Å²) >= 11 is 6.11. The molecule has 1 aromatic rings. The third-order valence-electron chi connectivity index (χ3n) is 3.08. The Morgan fingerprint density at radius 2 is 2.11 bits per heavy atom. The van der Waals surface area contributed by atoms with E-state index in [9.17, 15) is 0 Å². The Hall–Kier alpha value is -0.770. The summed E-state index contributed by atoms with van der Waals surface area (Å²) < 4.78 is 5.21. The second-order valence-corrected chi connectivity index (χ2v) is 5.27. The van der Waals surface area contributed by atoms with Crippen molar-refractivity contribution in [3.8, 4) is 0 Å². The van der Waals surface area contributed by atoms with Gasteiger partial charge in [-0.15, -0.1) is 0 Å². The molecule has 3 nitrogen and oxygen atoms in total. The fourth-order valence-electron chi connectivity index (χ4n) is 2.08. The SMILES string of the molecule is CCNCc1cc(Cl)ccc1N(CCOC)C(C)C. The molecular weight excluding hydrogens is 260 g/mol. The standard InChI is InChI=1S/C15H25ClN2O/c1-5-17-11-13-10-14(16)6-7-15(13)18(12(2)3)8-9-19-4/h6-7,10,12,17H,5,8-9,11H2,1-4H3. The van der Waals surface area contributed by atoms with Gasteiger partial charge >= 0.3 is 0 Å². The predicted octanol–water partition coefficient (Wildman–Crippen LogP) is 3.31. The van der Waals surface area contributed by atoms with Gasteiger partial charge in [0.2, 0.25) is 0 Å². The zero-order valence-corrected chi connectivity index (χ0v) is 13.1. The highest BCUT2D eigenvalue weighted by Crippen LogP contribution is 2.26. The highest BCUT2D eigenvalue weighted by molar-refractivity contribution is 6.30. The van der Waals surface area contributed by atoms with Crippen LogP contribution >= 0.6 is 11.6 Å². The lowest BCUT2D eigenvalue weighted by molar-refractivity contribution is 0.204. The molecule has 0 unspecified atom stereocenters. The second-order valence-electron chi connectivity index (χ2n) is 4.83. The molecule has 0 atom stereocenters. The molecule has 0 fully saturated rings. The van der Waals surface area contributed by atoms with E-state index in [2.05, 4.69) is 37.1 Å². The zero-order valence-electron chi connectivity index (χ0n) is 12.4. The van der Waals surface area contributed by atoms with Gasteiger partial charge in [-0.3, -0.25) is 0 Å². The fourth-order valence-corrected chi connectivity index (χ4v) is 2.28. The molecule has 0 heterocycles. The Morgan fingerprint density at radius 1 is 1.37 bits per heavy atom. The maximum absolute atomic E-state index is 6.11. The number of methoxy groups -OCH3 is 1. The van der Waals surface area contributed by atoms with Crippen LogP contribution in [0.4, 0.5) is 5.69 Å². The summed E-state index contributed by atoms with van der Waals surface area (Å²) in [6, 6.07) is 6.53. The van der Waals surface area contributed by atoms with Gasteiger partial charge in [-0.1, -0.05) is 18.5 Å². The van der Waals surface area contributed by atoms with Gasteiger partial charge in [0.15, 0.2) is 0 Å². The molecule has 1 rings (SSSR count). The maximum atomic E-state index is 6.11. The van der Waals surface area contributed by atoms with E-state index in [1.54, 1.807) is 7.11 Å². The van der Waals surface area contributed by atoms with E-state index in [0.29, 0.717) is 6.04 Å². The lowest BCUT2D eigenvalue weighted by atomic mass is 10.1. The third-order valence-corrected chi connectivity index (χ3v) is 3.31. The van der Waals surface area contributed by atoms with Crippen LogP contribution in [-0.2, 0) is 11.3 Å². The van der Waals surface area contributed by atoms with Crippen molar-refractivity contribution in [2.75, 3.05) is 31.7 Å². The molecular formula is C15H25ClN2O. The third kappa shape index (κ3) is 5.01. The van der Waals surface area contributed by atoms with Gasteiger partial charge in [-0.25, -0.2) is 0 Å². The monoisotopic (exact) mass is 284 g/mol. The molecule has 0 aliphatic heterocycles. The van der Waals surface area contributed by atoms with Gasteiger partial charge < -0.3 is 15.0 Å². The van der Waals surface area contributed by atoms with E-state index >= 15 is 0 Å². The number of benzene rings is 1. The van der Waals surface area contributed by atoms with Crippen molar-refractivity contribution < 1.29 is 4.74 Å². The number of anilines is 1. The van der Waals surface area contributed by atoms with Crippen LogP contribution in [0, 0.1) is 0 Å². The fraction of sp³-hybridized carbons (Fsp3) is 0.600. The van der Waals surface area contributed by atoms with Crippen LogP contribution in [0.5, 0.6) is 0 Å². The van der Waals surface area contributed by atoms with Gasteiger partial charge in [0.05, 0.1) is 6.61 Å². The van der Waals surface area contributed by atoms with Crippen molar-refractivity contribution in [1.82, 2.24) is 5.32 Å². The maximum Gasteiger partial charge on any atom is 0.0637 e. The molecule has 108 valence electrons. The summed E-state index contributed by atoms with van der Waals surface area (Å²) in [5, 5.41) is 4.15. The lowest BCUT2D eigenvalue weighted by Gasteiger charge is -2.31. The van der Waals surface area contributed by atoms with Crippen LogP contribution in [0.15, 0.2) is 18.2 Å². The van der Waals surface area contributed by atoms with Gasteiger partial charge in [0, 0.05) is 37.0 Å². The predicted molar refractivity (Wildman–Crippen MR) is 83.2 cm³/mol. The molecule has 0 aromatic heterocycles. The van der Waals surface area contributed by atoms with Gasteiger partial charge in [0.1, 0.15) is 0 Å². The first-order chi connectivity index (χ1) is 9.10. The summed E-state index contributed by atoms with van der Waals surface area (Å²) in [6.07, 6.45) is 0. The highest BCUT2D eigenvalue weighted by Gasteiger charge is 2.14. The summed E-state index contributed by atoms with van der Waals surface area (Å²) in [7, 11) is 1.74. The summed E-state index contributed by atoms with van der Waals surface area (Å²) in [5.74, 6) is 0. The minimum Gasteiger partial charge on any atom is -0.383 e. The molecule has 0 saturated carbocycles. The van der Waals surface area contributed by atoms with Crippen molar-refractivity contribution >= 4 is 17.3 Å². The Morgan fingerprint density at radius 3 is 2.68 bits per heavy atom. The first-order valence-electron chi connectivity index (χ1n) is 6.84. The Bertz CT molecular complexity index is 382. The molecule has 0 saturated heterocycles. The van der Waals surface area contributed by atoms with E-state index < -0.39 is 0 Å². The molecule has 4 heteroatoms. The van der Waals surface area contributed by atoms with Crippen molar-refractivity contribution in [2.45, 2.75) is 33.4 Å². The molecule has 0 aliphatic rings. The highest BCUT2D eigenvalue weighted by atomic mass is 35.5. The van der Waals surface area contributed by atoms with Gasteiger partial charge in [-0.2, -0.15) is 0 Å². The number of hydrogen-bond donors (Lipinski definition) is 1. The zero-order chi connectivity index (χ0) is 14.3. The van der Waals surface area contributed by atoms with E-state index in [1.165, 1.54) is 11.3 Å². The normalized spacial score (nSPS) is 11.1. The minimum atomic E-state index is 0.428. The second kappa shape index (κ2) is 8.41. The van der Waals surface area contributed by atoms with Crippen LogP contribution in [0.2, 0.25) is 5.02 Å². The number of halogens is 1. The van der Waals surface area contributed by atoms with Crippen LogP contribution in [0.3, 0.4) is 0 Å². The molecule has 0 bridgehead atoms. The van der Waals surface area contributed by atoms with Crippen molar-refractivity contribution in [3.05, 3.63) is 28.8 Å². The van der Waals surface area contributed by atoms with Crippen molar-refractivity contribution in [3.63, 3.8) is 0 Å². The summed E-state index contributed by atoms with van der Waals surface area (Å²) in [5.41, 5.74) is 2.47. The van der Waals surface area contributed by atoms with Gasteiger partial charge in [-0.05, 0) is 44.2 Å². The van der Waals surface area contributed by atoms with Crippen molar-refractivity contribution in [2.24, 2.45) is 0 Å². The van der Waals surface area contributed by atoms with E-state index in [0.717, 1.165) is 31.3 Å². The first kappa shape index (κ1) is 16.3. The molecule has 0 radical (unpaired) electrons. The molecule has 1 N–H and O–H groups in total. The minimum absolute atomic E-state index is 0.428. The van der Waals surface area contributed by atoms with Gasteiger partial charge in [0.25, 0.3) is 0 Å². The van der Waals surface area contributed by atoms with Crippen LogP contribution in [0.1, 0.15) is 26.3 Å². The smallest absolute Gasteiger partial charge is 0.0637 e.